The van der Waals surface area contributed by atoms with Crippen molar-refractivity contribution < 1.29 is 42.9 Å². The van der Waals surface area contributed by atoms with Crippen molar-refractivity contribution in [3.8, 4) is 0 Å². The Morgan fingerprint density at radius 2 is 0.797 bits per heavy atom. The van der Waals surface area contributed by atoms with E-state index in [4.69, 9.17) is 18.9 Å². The van der Waals surface area contributed by atoms with Crippen LogP contribution in [0.4, 0.5) is 0 Å². The molecule has 2 atom stereocenters. The molecule has 0 aromatic carbocycles. The predicted molar refractivity (Wildman–Crippen MR) is 290 cm³/mol. The molecule has 2 unspecified atom stereocenters. The molecule has 9 nitrogen and oxygen atoms in total. The second kappa shape index (κ2) is 49.6. The zero-order valence-electron chi connectivity index (χ0n) is 43.6. The van der Waals surface area contributed by atoms with E-state index in [0.717, 1.165) is 116 Å². The summed E-state index contributed by atoms with van der Waals surface area (Å²) in [5, 5.41) is 9.67. The number of carboxylic acids is 1. The zero-order valence-corrected chi connectivity index (χ0v) is 43.6. The minimum atomic E-state index is -1.54. The molecule has 0 spiro atoms. The number of nitrogens with zero attached hydrogens (tertiary/aromatic N) is 1. The third-order valence-electron chi connectivity index (χ3n) is 10.1. The van der Waals surface area contributed by atoms with Crippen LogP contribution in [0.1, 0.15) is 155 Å². The summed E-state index contributed by atoms with van der Waals surface area (Å²) in [6.45, 7) is 4.51. The fraction of sp³-hybridized carbons (Fsp3) is 0.550. The average molecular weight is 957 g/mol. The van der Waals surface area contributed by atoms with E-state index in [9.17, 15) is 19.5 Å². The lowest BCUT2D eigenvalue weighted by Crippen LogP contribution is -2.40. The summed E-state index contributed by atoms with van der Waals surface area (Å²) in [5.41, 5.74) is 0. The summed E-state index contributed by atoms with van der Waals surface area (Å²) in [5.74, 6) is -2.14. The molecule has 0 aliphatic rings. The Hall–Kier alpha value is -4.83. The van der Waals surface area contributed by atoms with Crippen molar-refractivity contribution in [1.29, 1.82) is 0 Å². The standard InChI is InChI=1S/C60H93NO8/c1-6-8-10-12-14-16-18-20-22-24-25-26-27-28-29-30-31-32-33-35-37-39-41-43-45-47-49-51-58(63)69-56(55-68-60(59(64)65)66-53-52-61(3,4)5)54-67-57(62)50-48-46-44-42-40-38-36-34-23-21-19-17-15-13-11-9-7-2/h8-11,14-17,20-23,25-26,28-29,31-32,35-38,42,44,56,60H,6-7,12-13,18-19,24,27,30,33-34,39-41,43,45-55H2,1-5H3/p+1/b10-8-,11-9-,16-14-,17-15-,22-20-,23-21-,26-25-,29-28-,32-31-,37-35-,38-36-,44-42-. The van der Waals surface area contributed by atoms with Crippen molar-refractivity contribution in [1.82, 2.24) is 0 Å². The maximum Gasteiger partial charge on any atom is 0.361 e. The monoisotopic (exact) mass is 957 g/mol. The highest BCUT2D eigenvalue weighted by atomic mass is 16.7. The highest BCUT2D eigenvalue weighted by molar-refractivity contribution is 5.71. The van der Waals surface area contributed by atoms with Gasteiger partial charge in [-0.3, -0.25) is 9.59 Å². The van der Waals surface area contributed by atoms with E-state index < -0.39 is 30.3 Å². The first kappa shape index (κ1) is 64.2. The van der Waals surface area contributed by atoms with Crippen LogP contribution in [0.5, 0.6) is 0 Å². The van der Waals surface area contributed by atoms with Crippen molar-refractivity contribution >= 4 is 17.9 Å². The fourth-order valence-corrected chi connectivity index (χ4v) is 6.14. The number of aliphatic carboxylic acids is 1. The van der Waals surface area contributed by atoms with Crippen molar-refractivity contribution in [2.75, 3.05) is 47.5 Å². The molecule has 0 radical (unpaired) electrons. The molecule has 0 aromatic heterocycles. The number of hydrogen-bond donors (Lipinski definition) is 1. The van der Waals surface area contributed by atoms with Crippen LogP contribution in [0.3, 0.4) is 0 Å². The van der Waals surface area contributed by atoms with E-state index in [0.29, 0.717) is 23.9 Å². The molecule has 0 saturated carbocycles. The highest BCUT2D eigenvalue weighted by Crippen LogP contribution is 2.11. The summed E-state index contributed by atoms with van der Waals surface area (Å²) in [7, 11) is 5.92. The van der Waals surface area contributed by atoms with Crippen LogP contribution in [0.25, 0.3) is 0 Å². The van der Waals surface area contributed by atoms with Crippen LogP contribution in [0.15, 0.2) is 146 Å². The van der Waals surface area contributed by atoms with Crippen LogP contribution in [0.2, 0.25) is 0 Å². The Morgan fingerprint density at radius 3 is 1.20 bits per heavy atom. The zero-order chi connectivity index (χ0) is 50.6. The number of carboxylic acid groups (broad SMARTS) is 1. The molecule has 9 heteroatoms. The molecule has 0 aliphatic heterocycles. The molecular formula is C60H94NO8+. The van der Waals surface area contributed by atoms with Crippen LogP contribution in [-0.2, 0) is 33.3 Å². The maximum atomic E-state index is 12.8. The van der Waals surface area contributed by atoms with E-state index in [1.807, 2.05) is 21.1 Å². The fourth-order valence-electron chi connectivity index (χ4n) is 6.14. The van der Waals surface area contributed by atoms with Crippen LogP contribution in [-0.4, -0.2) is 87.4 Å². The minimum Gasteiger partial charge on any atom is -0.477 e. The third-order valence-corrected chi connectivity index (χ3v) is 10.1. The smallest absolute Gasteiger partial charge is 0.361 e. The molecule has 0 rings (SSSR count). The number of ether oxygens (including phenoxy) is 4. The molecule has 0 aromatic rings. The van der Waals surface area contributed by atoms with Gasteiger partial charge in [0.05, 0.1) is 34.4 Å². The lowest BCUT2D eigenvalue weighted by Gasteiger charge is -2.25. The van der Waals surface area contributed by atoms with E-state index in [-0.39, 0.29) is 32.7 Å². The lowest BCUT2D eigenvalue weighted by molar-refractivity contribution is -0.870. The number of carbonyl (C=O) groups is 3. The third kappa shape index (κ3) is 50.9. The summed E-state index contributed by atoms with van der Waals surface area (Å²) in [4.78, 5) is 37.3. The van der Waals surface area contributed by atoms with Gasteiger partial charge in [-0.25, -0.2) is 4.79 Å². The van der Waals surface area contributed by atoms with Gasteiger partial charge in [0.15, 0.2) is 6.10 Å². The first-order valence-electron chi connectivity index (χ1n) is 26.0. The average Bonchev–Trinajstić information content (AvgIpc) is 3.31. The Kier molecular flexibility index (Phi) is 46.1. The second-order valence-electron chi connectivity index (χ2n) is 17.7. The first-order chi connectivity index (χ1) is 33.6. The van der Waals surface area contributed by atoms with Gasteiger partial charge in [0, 0.05) is 12.8 Å². The number of carbonyl (C=O) groups excluding carboxylic acids is 2. The van der Waals surface area contributed by atoms with Gasteiger partial charge in [0.2, 0.25) is 0 Å². The Balaban J connectivity index is 4.48. The number of allylic oxidation sites excluding steroid dienone is 24. The van der Waals surface area contributed by atoms with Gasteiger partial charge in [-0.05, 0) is 109 Å². The summed E-state index contributed by atoms with van der Waals surface area (Å²) < 4.78 is 22.7. The van der Waals surface area contributed by atoms with Gasteiger partial charge >= 0.3 is 17.9 Å². The first-order valence-corrected chi connectivity index (χ1v) is 26.0. The molecule has 0 bridgehead atoms. The van der Waals surface area contributed by atoms with E-state index in [1.54, 1.807) is 0 Å². The summed E-state index contributed by atoms with van der Waals surface area (Å²) in [6.07, 6.45) is 69.2. The molecule has 1 N–H and O–H groups in total. The van der Waals surface area contributed by atoms with Gasteiger partial charge in [-0.2, -0.15) is 0 Å². The van der Waals surface area contributed by atoms with Gasteiger partial charge in [-0.1, -0.05) is 179 Å². The molecule has 0 heterocycles. The molecule has 69 heavy (non-hydrogen) atoms. The molecule has 0 amide bonds. The van der Waals surface area contributed by atoms with Crippen molar-refractivity contribution in [3.63, 3.8) is 0 Å². The second-order valence-corrected chi connectivity index (χ2v) is 17.7. The Labute approximate surface area is 420 Å². The Morgan fingerprint density at radius 1 is 0.435 bits per heavy atom. The largest absolute Gasteiger partial charge is 0.477 e. The van der Waals surface area contributed by atoms with E-state index >= 15 is 0 Å². The number of quaternary nitrogens is 1. The van der Waals surface area contributed by atoms with Crippen LogP contribution in [0, 0.1) is 0 Å². The molecule has 0 aliphatic carbocycles. The lowest BCUT2D eigenvalue weighted by atomic mass is 10.1. The van der Waals surface area contributed by atoms with Crippen molar-refractivity contribution in [3.05, 3.63) is 146 Å². The SMILES string of the molecule is CC/C=C\C/C=C\C/C=C\C/C=C\C/C=C\C/C=C\C/C=C\CCCCCCCC(=O)OC(COC(=O)CCC/C=C\C/C=C\C/C=C\C/C=C\C/C=C\CC)COC(OCC[N+](C)(C)C)C(=O)O. The summed E-state index contributed by atoms with van der Waals surface area (Å²) in [6, 6.07) is 0. The van der Waals surface area contributed by atoms with Gasteiger partial charge in [0.1, 0.15) is 13.2 Å². The predicted octanol–water partition coefficient (Wildman–Crippen LogP) is 14.9. The number of esters is 2. The summed E-state index contributed by atoms with van der Waals surface area (Å²) >= 11 is 0. The van der Waals surface area contributed by atoms with Crippen LogP contribution < -0.4 is 0 Å². The maximum absolute atomic E-state index is 12.8. The van der Waals surface area contributed by atoms with Crippen molar-refractivity contribution in [2.45, 2.75) is 167 Å². The minimum absolute atomic E-state index is 0.165. The number of unbranched alkanes of at least 4 members (excludes halogenated alkanes) is 6. The molecule has 0 fully saturated rings. The quantitative estimate of drug-likeness (QED) is 0.0211. The Bertz CT molecular complexity index is 1630. The number of likely N-dealkylation sites (N-methyl/N-ethyl adjacent to an activating group) is 1. The number of hydrogen-bond acceptors (Lipinski definition) is 7. The van der Waals surface area contributed by atoms with E-state index in [1.165, 1.54) is 0 Å². The number of rotatable bonds is 45. The van der Waals surface area contributed by atoms with Crippen LogP contribution >= 0.6 is 0 Å². The highest BCUT2D eigenvalue weighted by Gasteiger charge is 2.25. The molecule has 386 valence electrons. The van der Waals surface area contributed by atoms with E-state index in [2.05, 4.69) is 160 Å². The normalized spacial score (nSPS) is 14.0. The van der Waals surface area contributed by atoms with Crippen molar-refractivity contribution in [2.24, 2.45) is 0 Å². The molecule has 0 saturated heterocycles. The van der Waals surface area contributed by atoms with Gasteiger partial charge in [0.25, 0.3) is 6.29 Å². The molecular weight excluding hydrogens is 863 g/mol. The topological polar surface area (TPSA) is 108 Å². The van der Waals surface area contributed by atoms with Gasteiger partial charge in [-0.15, -0.1) is 0 Å². The van der Waals surface area contributed by atoms with Gasteiger partial charge < -0.3 is 28.5 Å².